The van der Waals surface area contributed by atoms with Gasteiger partial charge in [-0.3, -0.25) is 15.1 Å². The Balaban J connectivity index is 1.19. The normalized spacial score (nSPS) is 17.0. The zero-order valence-electron chi connectivity index (χ0n) is 30.0. The first kappa shape index (κ1) is 38.9. The van der Waals surface area contributed by atoms with Gasteiger partial charge >= 0.3 is 5.97 Å². The summed E-state index contributed by atoms with van der Waals surface area (Å²) in [5.74, 6) is -0.712. The number of hydrogen-bond donors (Lipinski definition) is 4. The van der Waals surface area contributed by atoms with Crippen LogP contribution in [-0.2, 0) is 24.4 Å². The lowest BCUT2D eigenvalue weighted by Crippen LogP contribution is -2.44. The number of ether oxygens (including phenoxy) is 3. The van der Waals surface area contributed by atoms with Gasteiger partial charge in [0.1, 0.15) is 36.3 Å². The Labute approximate surface area is 318 Å². The van der Waals surface area contributed by atoms with Gasteiger partial charge in [-0.05, 0) is 73.9 Å². The zero-order valence-corrected chi connectivity index (χ0v) is 30.8. The fourth-order valence-corrected chi connectivity index (χ4v) is 7.23. The maximum Gasteiger partial charge on any atom is 0.323 e. The van der Waals surface area contributed by atoms with E-state index >= 15 is 4.39 Å². The second-order valence-electron chi connectivity index (χ2n) is 13.7. The third-order valence-electron chi connectivity index (χ3n) is 9.87. The van der Waals surface area contributed by atoms with E-state index in [0.29, 0.717) is 53.2 Å². The van der Waals surface area contributed by atoms with Crippen molar-refractivity contribution in [2.75, 3.05) is 26.2 Å². The molecule has 2 aliphatic rings. The molecule has 0 amide bonds. The minimum absolute atomic E-state index is 0.0150. The number of halogens is 2. The predicted octanol–water partition coefficient (Wildman–Crippen LogP) is 6.21. The Hall–Kier alpha value is -4.77. The van der Waals surface area contributed by atoms with Crippen LogP contribution >= 0.6 is 11.6 Å². The Morgan fingerprint density at radius 2 is 1.85 bits per heavy atom. The summed E-state index contributed by atoms with van der Waals surface area (Å²) in [6.45, 7) is 4.39. The van der Waals surface area contributed by atoms with E-state index in [-0.39, 0.29) is 30.0 Å². The molecule has 0 saturated carbocycles. The van der Waals surface area contributed by atoms with Crippen LogP contribution in [0.4, 0.5) is 4.39 Å². The fraction of sp³-hybridized carbons (Fsp3) is 0.390. The highest BCUT2D eigenvalue weighted by molar-refractivity contribution is 6.32. The minimum atomic E-state index is -1.23. The maximum absolute atomic E-state index is 16.0. The summed E-state index contributed by atoms with van der Waals surface area (Å²) in [5, 5.41) is 41.7. The number of carboxylic acid groups (broad SMARTS) is 1. The third kappa shape index (κ3) is 9.47. The van der Waals surface area contributed by atoms with Crippen molar-refractivity contribution in [3.8, 4) is 34.4 Å². The summed E-state index contributed by atoms with van der Waals surface area (Å²) in [7, 11) is 0. The number of hydrogen-bond acceptors (Lipinski definition) is 10. The molecule has 11 nitrogen and oxygen atoms in total. The molecule has 1 aliphatic heterocycles. The Morgan fingerprint density at radius 3 is 2.61 bits per heavy atom. The molecule has 4 N–H and O–H groups in total. The number of likely N-dealkylation sites (tertiary alicyclic amines) is 1. The molecule has 2 heterocycles. The van der Waals surface area contributed by atoms with Crippen LogP contribution in [0.15, 0.2) is 67.0 Å². The highest BCUT2D eigenvalue weighted by atomic mass is 35.5. The number of nitriles is 1. The number of piperidine rings is 1. The van der Waals surface area contributed by atoms with Gasteiger partial charge < -0.3 is 34.4 Å². The van der Waals surface area contributed by atoms with E-state index in [9.17, 15) is 25.4 Å². The van der Waals surface area contributed by atoms with Gasteiger partial charge in [0, 0.05) is 61.3 Å². The summed E-state index contributed by atoms with van der Waals surface area (Å²) >= 11 is 6.78. The molecule has 1 aliphatic carbocycles. The number of aliphatic hydroxyl groups excluding tert-OH is 2. The van der Waals surface area contributed by atoms with Crippen LogP contribution in [0.25, 0.3) is 11.1 Å². The number of pyridine rings is 1. The Bertz CT molecular complexity index is 1980. The van der Waals surface area contributed by atoms with Crippen molar-refractivity contribution < 1.29 is 38.7 Å². The summed E-state index contributed by atoms with van der Waals surface area (Å²) in [6.07, 6.45) is 4.83. The number of nitrogens with zero attached hydrogens (tertiary/aromatic N) is 3. The SMILES string of the molecule is C[C@@H](O)[C@H](NCc1cc(Cl)c(O[C@H]2CCc3c(-c4cccc(OCCCN5CCC(O)CC5)c4F)cccc32)cc1OCc1cncc(C#N)c1)C(=O)O. The second kappa shape index (κ2) is 18.0. The number of aliphatic hydroxyl groups is 2. The molecule has 3 atom stereocenters. The van der Waals surface area contributed by atoms with Crippen molar-refractivity contribution >= 4 is 17.6 Å². The number of nitrogens with one attached hydrogen (secondary N) is 1. The number of fused-ring (bicyclic) bond motifs is 1. The van der Waals surface area contributed by atoms with Crippen molar-refractivity contribution in [2.24, 2.45) is 0 Å². The van der Waals surface area contributed by atoms with Crippen molar-refractivity contribution in [3.63, 3.8) is 0 Å². The van der Waals surface area contributed by atoms with Crippen molar-refractivity contribution in [3.05, 3.63) is 106 Å². The smallest absolute Gasteiger partial charge is 0.323 e. The molecule has 0 bridgehead atoms. The molecule has 1 fully saturated rings. The lowest BCUT2D eigenvalue weighted by Gasteiger charge is -2.29. The summed E-state index contributed by atoms with van der Waals surface area (Å²) in [6, 6.07) is 16.7. The van der Waals surface area contributed by atoms with Crippen LogP contribution in [0.3, 0.4) is 0 Å². The molecule has 0 unspecified atom stereocenters. The van der Waals surface area contributed by atoms with E-state index in [1.54, 1.807) is 42.6 Å². The van der Waals surface area contributed by atoms with E-state index in [1.807, 2.05) is 18.2 Å². The highest BCUT2D eigenvalue weighted by Crippen LogP contribution is 2.44. The number of carboxylic acids is 1. The third-order valence-corrected chi connectivity index (χ3v) is 10.2. The van der Waals surface area contributed by atoms with E-state index in [4.69, 9.17) is 25.8 Å². The average molecular weight is 759 g/mol. The predicted molar refractivity (Wildman–Crippen MR) is 200 cm³/mol. The second-order valence-corrected chi connectivity index (χ2v) is 14.1. The van der Waals surface area contributed by atoms with Crippen LogP contribution in [0.1, 0.15) is 66.5 Å². The van der Waals surface area contributed by atoms with Gasteiger partial charge in [-0.2, -0.15) is 5.26 Å². The van der Waals surface area contributed by atoms with E-state index in [0.717, 1.165) is 55.6 Å². The minimum Gasteiger partial charge on any atom is -0.490 e. The topological polar surface area (TPSA) is 157 Å². The van der Waals surface area contributed by atoms with Crippen LogP contribution < -0.4 is 19.5 Å². The van der Waals surface area contributed by atoms with Gasteiger partial charge in [-0.15, -0.1) is 0 Å². The quantitative estimate of drug-likeness (QED) is 0.0964. The van der Waals surface area contributed by atoms with Crippen molar-refractivity contribution in [2.45, 2.75) is 76.5 Å². The summed E-state index contributed by atoms with van der Waals surface area (Å²) in [5.41, 5.74) is 4.66. The van der Waals surface area contributed by atoms with Gasteiger partial charge in [-0.25, -0.2) is 4.39 Å². The largest absolute Gasteiger partial charge is 0.490 e. The number of rotatable bonds is 16. The summed E-state index contributed by atoms with van der Waals surface area (Å²) < 4.78 is 34.6. The molecule has 1 saturated heterocycles. The average Bonchev–Trinajstić information content (AvgIpc) is 3.58. The van der Waals surface area contributed by atoms with Gasteiger partial charge in [0.15, 0.2) is 11.6 Å². The van der Waals surface area contributed by atoms with Gasteiger partial charge in [0.25, 0.3) is 0 Å². The summed E-state index contributed by atoms with van der Waals surface area (Å²) in [4.78, 5) is 18.1. The molecular formula is C41H44ClFN4O7. The number of aromatic nitrogens is 1. The van der Waals surface area contributed by atoms with Gasteiger partial charge in [-0.1, -0.05) is 41.9 Å². The number of benzene rings is 3. The first-order chi connectivity index (χ1) is 26.1. The first-order valence-electron chi connectivity index (χ1n) is 18.1. The molecule has 6 rings (SSSR count). The monoisotopic (exact) mass is 758 g/mol. The molecule has 0 spiro atoms. The zero-order chi connectivity index (χ0) is 38.2. The van der Waals surface area contributed by atoms with Crippen LogP contribution in [0.2, 0.25) is 5.02 Å². The number of carbonyl (C=O) groups is 1. The Morgan fingerprint density at radius 1 is 1.07 bits per heavy atom. The van der Waals surface area contributed by atoms with Crippen molar-refractivity contribution in [1.82, 2.24) is 15.2 Å². The fourth-order valence-electron chi connectivity index (χ4n) is 7.00. The molecule has 4 aromatic rings. The molecule has 1 aromatic heterocycles. The van der Waals surface area contributed by atoms with Crippen LogP contribution in [0, 0.1) is 17.1 Å². The highest BCUT2D eigenvalue weighted by Gasteiger charge is 2.29. The van der Waals surface area contributed by atoms with E-state index in [1.165, 1.54) is 13.1 Å². The molecular weight excluding hydrogens is 715 g/mol. The first-order valence-corrected chi connectivity index (χ1v) is 18.5. The molecule has 3 aromatic carbocycles. The van der Waals surface area contributed by atoms with Crippen LogP contribution in [0.5, 0.6) is 17.2 Å². The van der Waals surface area contributed by atoms with Crippen molar-refractivity contribution in [1.29, 1.82) is 5.26 Å². The standard InChI is InChI=1S/C41H44ClFN4O7/c1-25(48)40(41(50)51)46-23-28-18-34(42)38(19-37(28)53-24-27-17-26(20-44)21-45-22-27)54-35-10-9-31-30(5-2-6-32(31)35)33-7-3-8-36(39(33)43)52-16-4-13-47-14-11-29(49)12-15-47/h2-3,5-8,17-19,21-22,25,29,35,40,46,48-49H,4,9-16,23-24H2,1H3,(H,50,51)/t25-,35+,40+/m1/s1. The van der Waals surface area contributed by atoms with E-state index in [2.05, 4.69) is 21.3 Å². The van der Waals surface area contributed by atoms with Crippen LogP contribution in [-0.4, -0.2) is 75.7 Å². The lowest BCUT2D eigenvalue weighted by atomic mass is 9.96. The van der Waals surface area contributed by atoms with E-state index < -0.39 is 30.0 Å². The molecule has 54 heavy (non-hydrogen) atoms. The van der Waals surface area contributed by atoms with Gasteiger partial charge in [0.2, 0.25) is 0 Å². The number of aliphatic carboxylic acids is 1. The molecule has 284 valence electrons. The van der Waals surface area contributed by atoms with Gasteiger partial charge in [0.05, 0.1) is 29.4 Å². The molecule has 13 heteroatoms. The Kier molecular flexibility index (Phi) is 13.0. The lowest BCUT2D eigenvalue weighted by molar-refractivity contribution is -0.142. The maximum atomic E-state index is 16.0. The molecule has 0 radical (unpaired) electrons.